The lowest BCUT2D eigenvalue weighted by Gasteiger charge is -2.33. The molecule has 1 saturated heterocycles. The Morgan fingerprint density at radius 2 is 1.83 bits per heavy atom. The molecule has 0 bridgehead atoms. The molecule has 2 amide bonds. The molecule has 10 nitrogen and oxygen atoms in total. The first kappa shape index (κ1) is 25.9. The van der Waals surface area contributed by atoms with Crippen molar-refractivity contribution in [2.45, 2.75) is 91.5 Å². The van der Waals surface area contributed by atoms with Crippen LogP contribution in [0.5, 0.6) is 5.88 Å². The minimum atomic E-state index is -1.02. The van der Waals surface area contributed by atoms with E-state index in [1.807, 2.05) is 20.8 Å². The lowest BCUT2D eigenvalue weighted by molar-refractivity contribution is -0.131. The zero-order valence-electron chi connectivity index (χ0n) is 22.0. The van der Waals surface area contributed by atoms with Gasteiger partial charge in [0.25, 0.3) is 11.5 Å². The molecule has 0 radical (unpaired) electrons. The van der Waals surface area contributed by atoms with Gasteiger partial charge in [-0.3, -0.25) is 19.0 Å². The average Bonchev–Trinajstić information content (AvgIpc) is 3.29. The van der Waals surface area contributed by atoms with Crippen LogP contribution in [0.1, 0.15) is 81.9 Å². The summed E-state index contributed by atoms with van der Waals surface area (Å²) >= 11 is 0. The molecular weight excluding hydrogens is 462 g/mol. The van der Waals surface area contributed by atoms with Crippen molar-refractivity contribution in [1.29, 1.82) is 0 Å². The van der Waals surface area contributed by atoms with Crippen molar-refractivity contribution >= 4 is 23.5 Å². The van der Waals surface area contributed by atoms with Gasteiger partial charge in [0.1, 0.15) is 5.65 Å². The Morgan fingerprint density at radius 1 is 1.17 bits per heavy atom. The number of aromatic nitrogens is 3. The molecule has 2 aromatic rings. The maximum Gasteiger partial charge on any atom is 0.270 e. The Bertz CT molecular complexity index is 1290. The predicted molar refractivity (Wildman–Crippen MR) is 136 cm³/mol. The number of hydrogen-bond acceptors (Lipinski definition) is 6. The maximum absolute atomic E-state index is 13.6. The molecule has 10 heteroatoms. The zero-order chi connectivity index (χ0) is 26.6. The minimum absolute atomic E-state index is 0.0187. The number of aromatic hydroxyl groups is 1. The third kappa shape index (κ3) is 5.04. The Hall–Kier alpha value is -3.14. The van der Waals surface area contributed by atoms with Crippen LogP contribution in [0.2, 0.25) is 0 Å². The number of likely N-dealkylation sites (tertiary alicyclic amines) is 1. The molecule has 2 aromatic heterocycles. The van der Waals surface area contributed by atoms with Gasteiger partial charge in [0.05, 0.1) is 17.3 Å². The Kier molecular flexibility index (Phi) is 6.53. The van der Waals surface area contributed by atoms with Crippen molar-refractivity contribution < 1.29 is 19.8 Å². The summed E-state index contributed by atoms with van der Waals surface area (Å²) in [5.74, 6) is -1.38. The third-order valence-corrected chi connectivity index (χ3v) is 6.74. The van der Waals surface area contributed by atoms with E-state index < -0.39 is 22.9 Å². The summed E-state index contributed by atoms with van der Waals surface area (Å²) in [6.45, 7) is 11.9. The number of aliphatic hydroxyl groups is 1. The van der Waals surface area contributed by atoms with Gasteiger partial charge >= 0.3 is 0 Å². The third-order valence-electron chi connectivity index (χ3n) is 6.74. The molecule has 1 aliphatic carbocycles. The van der Waals surface area contributed by atoms with Crippen LogP contribution in [0, 0.1) is 12.3 Å². The number of nitrogens with zero attached hydrogens (tertiary/aromatic N) is 4. The molecule has 3 N–H and O–H groups in total. The van der Waals surface area contributed by atoms with Crippen LogP contribution in [0.25, 0.3) is 11.7 Å². The van der Waals surface area contributed by atoms with E-state index in [1.54, 1.807) is 31.7 Å². The molecule has 36 heavy (non-hydrogen) atoms. The van der Waals surface area contributed by atoms with Crippen LogP contribution in [-0.2, 0) is 11.3 Å². The first-order valence-electron chi connectivity index (χ1n) is 12.6. The number of nitrogens with one attached hydrogen (secondary N) is 1. The summed E-state index contributed by atoms with van der Waals surface area (Å²) in [5, 5.41) is 28.6. The number of fused-ring (bicyclic) bond motifs is 1. The van der Waals surface area contributed by atoms with Gasteiger partial charge in [-0.05, 0) is 57.9 Å². The van der Waals surface area contributed by atoms with E-state index in [1.165, 1.54) is 15.2 Å². The molecule has 0 aromatic carbocycles. The van der Waals surface area contributed by atoms with Gasteiger partial charge in [-0.2, -0.15) is 9.61 Å². The highest BCUT2D eigenvalue weighted by molar-refractivity contribution is 5.97. The van der Waals surface area contributed by atoms with Gasteiger partial charge in [0.15, 0.2) is 5.56 Å². The van der Waals surface area contributed by atoms with Gasteiger partial charge in [0, 0.05) is 30.8 Å². The molecule has 0 spiro atoms. The lowest BCUT2D eigenvalue weighted by atomic mass is 9.96. The zero-order valence-corrected chi connectivity index (χ0v) is 22.0. The molecule has 4 rings (SSSR count). The van der Waals surface area contributed by atoms with Gasteiger partial charge in [-0.15, -0.1) is 0 Å². The number of rotatable bonds is 6. The summed E-state index contributed by atoms with van der Waals surface area (Å²) in [4.78, 5) is 41.2. The molecule has 1 aliphatic heterocycles. The summed E-state index contributed by atoms with van der Waals surface area (Å²) in [6, 6.07) is -0.263. The van der Waals surface area contributed by atoms with Gasteiger partial charge in [0.2, 0.25) is 11.8 Å². The summed E-state index contributed by atoms with van der Waals surface area (Å²) in [7, 11) is 0. The number of carbonyl (C=O) groups excluding carboxylic acids is 2. The summed E-state index contributed by atoms with van der Waals surface area (Å²) < 4.78 is 2.67. The fourth-order valence-corrected chi connectivity index (χ4v) is 4.88. The average molecular weight is 500 g/mol. The Labute approximate surface area is 210 Å². The molecule has 3 heterocycles. The highest BCUT2D eigenvalue weighted by Gasteiger charge is 2.38. The van der Waals surface area contributed by atoms with Gasteiger partial charge in [-0.25, -0.2) is 0 Å². The highest BCUT2D eigenvalue weighted by atomic mass is 16.3. The predicted octanol–water partition coefficient (Wildman–Crippen LogP) is 2.22. The number of carbonyl (C=O) groups is 2. The monoisotopic (exact) mass is 499 g/mol. The lowest BCUT2D eigenvalue weighted by Crippen LogP contribution is -2.47. The van der Waals surface area contributed by atoms with Crippen molar-refractivity contribution in [3.8, 4) is 5.88 Å². The quantitative estimate of drug-likeness (QED) is 0.523. The van der Waals surface area contributed by atoms with Crippen LogP contribution in [0.4, 0.5) is 0 Å². The number of hydrogen-bond donors (Lipinski definition) is 3. The van der Waals surface area contributed by atoms with E-state index in [9.17, 15) is 24.6 Å². The van der Waals surface area contributed by atoms with Crippen molar-refractivity contribution in [2.75, 3.05) is 6.54 Å². The van der Waals surface area contributed by atoms with E-state index >= 15 is 0 Å². The normalized spacial score (nSPS) is 19.0. The van der Waals surface area contributed by atoms with E-state index in [-0.39, 0.29) is 35.5 Å². The largest absolute Gasteiger partial charge is 0.492 e. The van der Waals surface area contributed by atoms with Crippen molar-refractivity contribution in [3.63, 3.8) is 0 Å². The van der Waals surface area contributed by atoms with Crippen molar-refractivity contribution in [3.05, 3.63) is 33.3 Å². The molecule has 2 aliphatic rings. The number of amides is 2. The smallest absolute Gasteiger partial charge is 0.270 e. The summed E-state index contributed by atoms with van der Waals surface area (Å²) in [5.41, 5.74) is -0.956. The van der Waals surface area contributed by atoms with Gasteiger partial charge < -0.3 is 20.4 Å². The van der Waals surface area contributed by atoms with E-state index in [0.717, 1.165) is 25.7 Å². The fourth-order valence-electron chi connectivity index (χ4n) is 4.88. The second kappa shape index (κ2) is 9.06. The molecular formula is C26H37N5O5. The van der Waals surface area contributed by atoms with E-state index in [0.29, 0.717) is 23.4 Å². The van der Waals surface area contributed by atoms with Crippen LogP contribution < -0.4 is 10.9 Å². The van der Waals surface area contributed by atoms with Crippen LogP contribution in [0.3, 0.4) is 0 Å². The van der Waals surface area contributed by atoms with Crippen LogP contribution >= 0.6 is 0 Å². The Balaban J connectivity index is 1.81. The van der Waals surface area contributed by atoms with E-state index in [4.69, 9.17) is 0 Å². The SMILES string of the molecule is Cc1nn2c(O)c(C(=O)NC3CC3)c(=O)n(CC(C)(C)C)c2c1/C=C/C(=O)N1CCC[C@@H]1C(C)(C)O. The second-order valence-corrected chi connectivity index (χ2v) is 11.8. The fraction of sp³-hybridized carbons (Fsp3) is 0.615. The molecule has 1 saturated carbocycles. The maximum atomic E-state index is 13.6. The highest BCUT2D eigenvalue weighted by Crippen LogP contribution is 2.29. The number of aryl methyl sites for hydroxylation is 1. The standard InChI is InChI=1S/C26H37N5O5/c1-15-17(11-12-19(32)29-13-7-8-18(29)26(5,6)36)22-30(14-25(2,3)4)23(34)20(24(35)31(22)28-15)21(33)27-16-9-10-16/h11-12,16,18,35-36H,7-10,13-14H2,1-6H3,(H,27,33)/b12-11+/t18-/m1/s1. The second-order valence-electron chi connectivity index (χ2n) is 11.8. The van der Waals surface area contributed by atoms with Crippen molar-refractivity contribution in [1.82, 2.24) is 24.4 Å². The molecule has 1 atom stereocenters. The Morgan fingerprint density at radius 3 is 2.42 bits per heavy atom. The van der Waals surface area contributed by atoms with Gasteiger partial charge in [-0.1, -0.05) is 20.8 Å². The van der Waals surface area contributed by atoms with Crippen LogP contribution in [-0.4, -0.2) is 65.3 Å². The molecule has 196 valence electrons. The first-order chi connectivity index (χ1) is 16.7. The molecule has 0 unspecified atom stereocenters. The van der Waals surface area contributed by atoms with Crippen molar-refractivity contribution in [2.24, 2.45) is 5.41 Å². The minimum Gasteiger partial charge on any atom is -0.492 e. The molecule has 2 fully saturated rings. The van der Waals surface area contributed by atoms with Crippen LogP contribution in [0.15, 0.2) is 10.9 Å². The topological polar surface area (TPSA) is 129 Å². The first-order valence-corrected chi connectivity index (χ1v) is 12.6. The summed E-state index contributed by atoms with van der Waals surface area (Å²) in [6.07, 6.45) is 6.25. The van der Waals surface area contributed by atoms with E-state index in [2.05, 4.69) is 10.4 Å².